The molecule has 6 heteroatoms. The molecular weight excluding hydrogens is 440 g/mol. The molecule has 2 aromatic rings. The molecule has 0 unspecified atom stereocenters. The molecule has 0 aliphatic carbocycles. The summed E-state index contributed by atoms with van der Waals surface area (Å²) in [6.07, 6.45) is 11.2. The molecule has 0 fully saturated rings. The smallest absolute Gasteiger partial charge is 0.119 e. The standard InChI is InChI=1S/C29H42N2O4/c1-3-5-7-9-22-34-26-18-14-24(15-19-26)28(30-32)12-11-13-29(31-33)25-16-20-27(21-17-25)35-23-10-8-6-4-2/h14-21,32-33H,3-13,22-23H2,1-2H3. The first-order chi connectivity index (χ1) is 17.2. The van der Waals surface area contributed by atoms with E-state index in [1.54, 1.807) is 0 Å². The SMILES string of the molecule is CCCCCCOc1ccc(C(CCCC(=NO)c2ccc(OCCCCCC)cc2)=NO)cc1. The summed E-state index contributed by atoms with van der Waals surface area (Å²) >= 11 is 0. The minimum atomic E-state index is 0.561. The van der Waals surface area contributed by atoms with Crippen LogP contribution in [0.25, 0.3) is 0 Å². The maximum atomic E-state index is 9.52. The van der Waals surface area contributed by atoms with Gasteiger partial charge in [-0.3, -0.25) is 0 Å². The van der Waals surface area contributed by atoms with Crippen molar-refractivity contribution in [2.75, 3.05) is 13.2 Å². The van der Waals surface area contributed by atoms with E-state index >= 15 is 0 Å². The first-order valence-corrected chi connectivity index (χ1v) is 13.1. The molecule has 2 N–H and O–H groups in total. The highest BCUT2D eigenvalue weighted by molar-refractivity contribution is 6.02. The Labute approximate surface area is 210 Å². The molecule has 6 nitrogen and oxygen atoms in total. The topological polar surface area (TPSA) is 83.6 Å². The van der Waals surface area contributed by atoms with E-state index in [1.807, 2.05) is 48.5 Å². The number of oxime groups is 2. The summed E-state index contributed by atoms with van der Waals surface area (Å²) in [5, 5.41) is 26.0. The molecule has 0 aliphatic heterocycles. The Morgan fingerprint density at radius 3 is 1.31 bits per heavy atom. The van der Waals surface area contributed by atoms with E-state index in [9.17, 15) is 10.4 Å². The Balaban J connectivity index is 1.78. The van der Waals surface area contributed by atoms with Crippen LogP contribution in [0.2, 0.25) is 0 Å². The zero-order valence-corrected chi connectivity index (χ0v) is 21.4. The predicted molar refractivity (Wildman–Crippen MR) is 143 cm³/mol. The van der Waals surface area contributed by atoms with Gasteiger partial charge in [0.25, 0.3) is 0 Å². The minimum Gasteiger partial charge on any atom is -0.494 e. The van der Waals surface area contributed by atoms with Gasteiger partial charge in [-0.25, -0.2) is 0 Å². The maximum Gasteiger partial charge on any atom is 0.119 e. The number of rotatable bonds is 18. The van der Waals surface area contributed by atoms with Crippen molar-refractivity contribution in [2.24, 2.45) is 10.3 Å². The minimum absolute atomic E-state index is 0.561. The first kappa shape index (κ1) is 28.2. The average molecular weight is 483 g/mol. The monoisotopic (exact) mass is 482 g/mol. The van der Waals surface area contributed by atoms with Crippen LogP contribution in [0.1, 0.15) is 95.6 Å². The number of hydrogen-bond acceptors (Lipinski definition) is 6. The van der Waals surface area contributed by atoms with Gasteiger partial charge < -0.3 is 19.9 Å². The third-order valence-electron chi connectivity index (χ3n) is 5.98. The van der Waals surface area contributed by atoms with Crippen LogP contribution in [0.5, 0.6) is 11.5 Å². The fourth-order valence-electron chi connectivity index (χ4n) is 3.85. The molecule has 0 aliphatic rings. The lowest BCUT2D eigenvalue weighted by Crippen LogP contribution is -2.06. The average Bonchev–Trinajstić information content (AvgIpc) is 2.90. The normalized spacial score (nSPS) is 12.1. The second-order valence-electron chi connectivity index (χ2n) is 8.81. The van der Waals surface area contributed by atoms with Crippen molar-refractivity contribution in [3.8, 4) is 11.5 Å². The van der Waals surface area contributed by atoms with E-state index in [2.05, 4.69) is 24.2 Å². The van der Waals surface area contributed by atoms with Gasteiger partial charge in [0.05, 0.1) is 24.6 Å². The molecule has 0 saturated heterocycles. The van der Waals surface area contributed by atoms with Crippen molar-refractivity contribution in [3.63, 3.8) is 0 Å². The van der Waals surface area contributed by atoms with Crippen LogP contribution >= 0.6 is 0 Å². The molecular formula is C29H42N2O4. The van der Waals surface area contributed by atoms with Gasteiger partial charge in [-0.15, -0.1) is 0 Å². The van der Waals surface area contributed by atoms with Crippen LogP contribution in [0.4, 0.5) is 0 Å². The van der Waals surface area contributed by atoms with Crippen molar-refractivity contribution < 1.29 is 19.9 Å². The van der Waals surface area contributed by atoms with Crippen LogP contribution in [-0.4, -0.2) is 35.1 Å². The number of unbranched alkanes of at least 4 members (excludes halogenated alkanes) is 6. The van der Waals surface area contributed by atoms with Gasteiger partial charge >= 0.3 is 0 Å². The Morgan fingerprint density at radius 2 is 0.971 bits per heavy atom. The summed E-state index contributed by atoms with van der Waals surface area (Å²) in [5.74, 6) is 1.65. The number of nitrogens with zero attached hydrogens (tertiary/aromatic N) is 2. The third-order valence-corrected chi connectivity index (χ3v) is 5.98. The van der Waals surface area contributed by atoms with Gasteiger partial charge in [0.1, 0.15) is 11.5 Å². The Hall–Kier alpha value is -3.02. The summed E-state index contributed by atoms with van der Waals surface area (Å²) in [4.78, 5) is 0. The van der Waals surface area contributed by atoms with Crippen molar-refractivity contribution >= 4 is 11.4 Å². The Morgan fingerprint density at radius 1 is 0.571 bits per heavy atom. The quantitative estimate of drug-likeness (QED) is 0.0981. The zero-order valence-electron chi connectivity index (χ0n) is 21.4. The molecule has 192 valence electrons. The summed E-state index contributed by atoms with van der Waals surface area (Å²) in [6.45, 7) is 5.83. The molecule has 0 amide bonds. The van der Waals surface area contributed by atoms with E-state index in [1.165, 1.54) is 38.5 Å². The van der Waals surface area contributed by atoms with Crippen molar-refractivity contribution in [1.82, 2.24) is 0 Å². The largest absolute Gasteiger partial charge is 0.494 e. The van der Waals surface area contributed by atoms with Crippen LogP contribution < -0.4 is 9.47 Å². The van der Waals surface area contributed by atoms with Gasteiger partial charge in [-0.2, -0.15) is 0 Å². The lowest BCUT2D eigenvalue weighted by Gasteiger charge is -2.10. The number of ether oxygens (including phenoxy) is 2. The van der Waals surface area contributed by atoms with Gasteiger partial charge in [-0.05, 0) is 91.8 Å². The van der Waals surface area contributed by atoms with Crippen molar-refractivity contribution in [3.05, 3.63) is 59.7 Å². The highest BCUT2D eigenvalue weighted by Crippen LogP contribution is 2.18. The van der Waals surface area contributed by atoms with E-state index in [0.29, 0.717) is 30.7 Å². The summed E-state index contributed by atoms with van der Waals surface area (Å²) in [6, 6.07) is 15.3. The molecule has 2 aromatic carbocycles. The van der Waals surface area contributed by atoms with Crippen LogP contribution in [0.3, 0.4) is 0 Å². The molecule has 0 spiro atoms. The molecule has 35 heavy (non-hydrogen) atoms. The van der Waals surface area contributed by atoms with Gasteiger partial charge in [0, 0.05) is 0 Å². The zero-order chi connectivity index (χ0) is 25.1. The third kappa shape index (κ3) is 10.8. The van der Waals surface area contributed by atoms with E-state index in [-0.39, 0.29) is 0 Å². The number of hydrogen-bond donors (Lipinski definition) is 2. The lowest BCUT2D eigenvalue weighted by atomic mass is 10.0. The van der Waals surface area contributed by atoms with E-state index in [4.69, 9.17) is 9.47 Å². The Kier molecular flexibility index (Phi) is 14.0. The first-order valence-electron chi connectivity index (χ1n) is 13.1. The maximum absolute atomic E-state index is 9.52. The summed E-state index contributed by atoms with van der Waals surface area (Å²) in [5.41, 5.74) is 2.91. The highest BCUT2D eigenvalue weighted by Gasteiger charge is 2.09. The fraction of sp³-hybridized carbons (Fsp3) is 0.517. The molecule has 0 bridgehead atoms. The van der Waals surface area contributed by atoms with Crippen LogP contribution in [0.15, 0.2) is 58.8 Å². The van der Waals surface area contributed by atoms with E-state index < -0.39 is 0 Å². The summed E-state index contributed by atoms with van der Waals surface area (Å²) in [7, 11) is 0. The fourth-order valence-corrected chi connectivity index (χ4v) is 3.85. The molecule has 2 rings (SSSR count). The molecule has 0 heterocycles. The van der Waals surface area contributed by atoms with Gasteiger partial charge in [0.2, 0.25) is 0 Å². The second kappa shape index (κ2) is 17.4. The van der Waals surface area contributed by atoms with Gasteiger partial charge in [0.15, 0.2) is 0 Å². The predicted octanol–water partition coefficient (Wildman–Crippen LogP) is 7.83. The highest BCUT2D eigenvalue weighted by atomic mass is 16.5. The van der Waals surface area contributed by atoms with Crippen LogP contribution in [-0.2, 0) is 0 Å². The van der Waals surface area contributed by atoms with Crippen molar-refractivity contribution in [1.29, 1.82) is 0 Å². The van der Waals surface area contributed by atoms with Crippen molar-refractivity contribution in [2.45, 2.75) is 84.5 Å². The Bertz CT molecular complexity index is 803. The molecule has 0 atom stereocenters. The van der Waals surface area contributed by atoms with Crippen LogP contribution in [0, 0.1) is 0 Å². The molecule has 0 saturated carbocycles. The molecule has 0 radical (unpaired) electrons. The second-order valence-corrected chi connectivity index (χ2v) is 8.81. The van der Waals surface area contributed by atoms with Gasteiger partial charge in [-0.1, -0.05) is 62.7 Å². The van der Waals surface area contributed by atoms with E-state index in [0.717, 1.165) is 48.7 Å². The molecule has 0 aromatic heterocycles. The number of benzene rings is 2. The lowest BCUT2D eigenvalue weighted by molar-refractivity contribution is 0.305. The summed E-state index contributed by atoms with van der Waals surface area (Å²) < 4.78 is 11.6.